The number of amides is 2. The largest absolute Gasteiger partial charge is 0.451 e. The highest BCUT2D eigenvalue weighted by molar-refractivity contribution is 8.13. The Balaban J connectivity index is 1.43. The van der Waals surface area contributed by atoms with Crippen LogP contribution in [0.4, 0.5) is 4.79 Å². The number of nitrogens with zero attached hydrogens (tertiary/aromatic N) is 1. The van der Waals surface area contributed by atoms with Crippen LogP contribution < -0.4 is 11.1 Å². The summed E-state index contributed by atoms with van der Waals surface area (Å²) in [5.74, 6) is -0.593. The van der Waals surface area contributed by atoms with Gasteiger partial charge in [0.2, 0.25) is 5.91 Å². The summed E-state index contributed by atoms with van der Waals surface area (Å²) >= 11 is 2.37. The maximum atomic E-state index is 13.9. The van der Waals surface area contributed by atoms with Crippen molar-refractivity contribution in [3.05, 3.63) is 102 Å². The first kappa shape index (κ1) is 24.4. The van der Waals surface area contributed by atoms with Gasteiger partial charge in [-0.15, -0.1) is 11.8 Å². The molecule has 3 aromatic carbocycles. The molecule has 2 heterocycles. The van der Waals surface area contributed by atoms with Gasteiger partial charge in [0.15, 0.2) is 11.6 Å². The number of fused-ring (bicyclic) bond motifs is 1. The lowest BCUT2D eigenvalue weighted by Crippen LogP contribution is -2.76. The molecule has 0 spiro atoms. The van der Waals surface area contributed by atoms with E-state index in [0.29, 0.717) is 0 Å². The molecule has 2 unspecified atom stereocenters. The number of nitrogens with one attached hydrogen (secondary N) is 1. The second kappa shape index (κ2) is 10.4. The van der Waals surface area contributed by atoms with Gasteiger partial charge in [0.05, 0.1) is 6.54 Å². The number of nitrogens with two attached hydrogens (primary N) is 1. The molecular weight excluding hydrogens is 494 g/mol. The fourth-order valence-electron chi connectivity index (χ4n) is 4.35. The molecule has 0 aliphatic carbocycles. The van der Waals surface area contributed by atoms with Gasteiger partial charge >= 0.3 is 5.97 Å². The second-order valence-corrected chi connectivity index (χ2v) is 10.9. The number of ether oxygens (including phenoxy) is 1. The first-order valence-corrected chi connectivity index (χ1v) is 13.4. The van der Waals surface area contributed by atoms with Crippen LogP contribution in [0.2, 0.25) is 0 Å². The van der Waals surface area contributed by atoms with E-state index in [-0.39, 0.29) is 23.6 Å². The number of benzene rings is 3. The van der Waals surface area contributed by atoms with Gasteiger partial charge in [-0.1, -0.05) is 78.9 Å². The van der Waals surface area contributed by atoms with Crippen molar-refractivity contribution >= 4 is 40.6 Å². The van der Waals surface area contributed by atoms with Gasteiger partial charge in [-0.2, -0.15) is 0 Å². The predicted octanol–water partition coefficient (Wildman–Crippen LogP) is 3.80. The van der Waals surface area contributed by atoms with Gasteiger partial charge in [-0.3, -0.25) is 9.59 Å². The summed E-state index contributed by atoms with van der Waals surface area (Å²) in [6.45, 7) is 0.00736. The summed E-state index contributed by atoms with van der Waals surface area (Å²) < 4.78 is 6.14. The highest BCUT2D eigenvalue weighted by Crippen LogP contribution is 2.39. The number of hydrogen-bond donors (Lipinski definition) is 2. The molecule has 2 aliphatic rings. The fraction of sp³-hybridized carbons (Fsp3) is 0.222. The summed E-state index contributed by atoms with van der Waals surface area (Å²) in [5.41, 5.74) is 6.15. The van der Waals surface area contributed by atoms with Crippen molar-refractivity contribution in [2.24, 2.45) is 5.73 Å². The summed E-state index contributed by atoms with van der Waals surface area (Å²) in [7, 11) is 0. The van der Waals surface area contributed by atoms with E-state index in [9.17, 15) is 14.4 Å². The Bertz CT molecular complexity index is 1210. The minimum atomic E-state index is -1.42. The minimum absolute atomic E-state index is 0.00736. The van der Waals surface area contributed by atoms with E-state index in [1.807, 2.05) is 91.0 Å². The molecule has 7 nitrogen and oxygen atoms in total. The molecule has 0 radical (unpaired) electrons. The number of esters is 1. The van der Waals surface area contributed by atoms with Crippen molar-refractivity contribution in [3.63, 3.8) is 0 Å². The van der Waals surface area contributed by atoms with Gasteiger partial charge in [0.25, 0.3) is 5.24 Å². The van der Waals surface area contributed by atoms with Gasteiger partial charge in [-0.05, 0) is 35.0 Å². The lowest BCUT2D eigenvalue weighted by molar-refractivity contribution is -0.159. The Hall–Kier alpha value is -3.27. The molecule has 3 aromatic rings. The number of carbonyl (C=O) groups excluding carboxylic acids is 3. The summed E-state index contributed by atoms with van der Waals surface area (Å²) in [4.78, 5) is 41.7. The molecule has 184 valence electrons. The van der Waals surface area contributed by atoms with E-state index >= 15 is 0 Å². The van der Waals surface area contributed by atoms with E-state index in [4.69, 9.17) is 10.5 Å². The van der Waals surface area contributed by atoms with Crippen molar-refractivity contribution in [2.45, 2.75) is 28.0 Å². The number of hydrogen-bond acceptors (Lipinski definition) is 7. The summed E-state index contributed by atoms with van der Waals surface area (Å²) in [6, 6.07) is 27.5. The van der Waals surface area contributed by atoms with Crippen LogP contribution in [0.5, 0.6) is 0 Å². The maximum absolute atomic E-state index is 13.9. The Morgan fingerprint density at radius 2 is 1.53 bits per heavy atom. The van der Waals surface area contributed by atoms with Crippen LogP contribution in [0.3, 0.4) is 0 Å². The molecule has 2 saturated heterocycles. The third kappa shape index (κ3) is 4.86. The topological polar surface area (TPSA) is 102 Å². The minimum Gasteiger partial charge on any atom is -0.451 e. The van der Waals surface area contributed by atoms with E-state index in [1.165, 1.54) is 11.8 Å². The van der Waals surface area contributed by atoms with Crippen molar-refractivity contribution in [1.29, 1.82) is 0 Å². The van der Waals surface area contributed by atoms with E-state index < -0.39 is 28.9 Å². The van der Waals surface area contributed by atoms with Crippen LogP contribution in [0.25, 0.3) is 0 Å². The average Bonchev–Trinajstić information content (AvgIpc) is 2.92. The number of carbonyl (C=O) groups is 3. The Labute approximate surface area is 217 Å². The lowest BCUT2D eigenvalue weighted by Gasteiger charge is -2.53. The lowest BCUT2D eigenvalue weighted by atomic mass is 9.96. The maximum Gasteiger partial charge on any atom is 0.335 e. The average molecular weight is 520 g/mol. The third-order valence-electron chi connectivity index (χ3n) is 6.24. The van der Waals surface area contributed by atoms with E-state index in [2.05, 4.69) is 5.32 Å². The van der Waals surface area contributed by atoms with Crippen LogP contribution in [0.15, 0.2) is 95.9 Å². The first-order valence-electron chi connectivity index (χ1n) is 11.5. The van der Waals surface area contributed by atoms with Gasteiger partial charge in [0, 0.05) is 10.6 Å². The molecule has 3 N–H and O–H groups in total. The quantitative estimate of drug-likeness (QED) is 0.290. The SMILES string of the molecule is NC1C(=O)N2CC(NC(=O)Sc3ccccc3)(C(=O)OC(c3ccccc3)c3ccccc3)CS[C@H]12. The van der Waals surface area contributed by atoms with Crippen molar-refractivity contribution in [1.82, 2.24) is 10.2 Å². The molecule has 0 aromatic heterocycles. The summed E-state index contributed by atoms with van der Waals surface area (Å²) in [6.07, 6.45) is -0.674. The molecule has 36 heavy (non-hydrogen) atoms. The standard InChI is InChI=1S/C27H25N3O4S2/c28-21-23(31)30-16-27(17-35-24(21)30,29-26(33)36-20-14-8-3-9-15-20)25(32)34-22(18-10-4-1-5-11-18)19-12-6-2-7-13-19/h1-15,21-22,24H,16-17,28H2,(H,29,33)/t21?,24-,27?/m1/s1. The van der Waals surface area contributed by atoms with Crippen LogP contribution >= 0.6 is 23.5 Å². The molecule has 0 bridgehead atoms. The molecular formula is C27H25N3O4S2. The zero-order chi connectivity index (χ0) is 25.1. The molecule has 2 fully saturated rings. The molecule has 3 atom stereocenters. The smallest absolute Gasteiger partial charge is 0.335 e. The molecule has 9 heteroatoms. The Morgan fingerprint density at radius 3 is 2.11 bits per heavy atom. The molecule has 5 rings (SSSR count). The first-order chi connectivity index (χ1) is 17.5. The van der Waals surface area contributed by atoms with Gasteiger partial charge in [0.1, 0.15) is 11.4 Å². The van der Waals surface area contributed by atoms with Crippen molar-refractivity contribution in [2.75, 3.05) is 12.3 Å². The summed E-state index contributed by atoms with van der Waals surface area (Å²) in [5, 5.41) is 2.29. The van der Waals surface area contributed by atoms with E-state index in [0.717, 1.165) is 27.8 Å². The number of thioether (sulfide) groups is 2. The van der Waals surface area contributed by atoms with Crippen LogP contribution in [0.1, 0.15) is 17.2 Å². The van der Waals surface area contributed by atoms with Crippen molar-refractivity contribution in [3.8, 4) is 0 Å². The Kier molecular flexibility index (Phi) is 7.04. The van der Waals surface area contributed by atoms with Crippen LogP contribution in [-0.4, -0.2) is 51.3 Å². The van der Waals surface area contributed by atoms with Crippen LogP contribution in [-0.2, 0) is 14.3 Å². The van der Waals surface area contributed by atoms with Gasteiger partial charge in [-0.25, -0.2) is 4.79 Å². The fourth-order valence-corrected chi connectivity index (χ4v) is 6.52. The monoisotopic (exact) mass is 519 g/mol. The number of β-lactam (4-membered cyclic amide) rings is 1. The highest BCUT2D eigenvalue weighted by atomic mass is 32.2. The predicted molar refractivity (Wildman–Crippen MR) is 140 cm³/mol. The highest BCUT2D eigenvalue weighted by Gasteiger charge is 2.57. The second-order valence-electron chi connectivity index (χ2n) is 8.71. The van der Waals surface area contributed by atoms with Gasteiger partial charge < -0.3 is 20.7 Å². The van der Waals surface area contributed by atoms with E-state index in [1.54, 1.807) is 4.90 Å². The zero-order valence-corrected chi connectivity index (χ0v) is 20.9. The van der Waals surface area contributed by atoms with Crippen molar-refractivity contribution < 1.29 is 19.1 Å². The molecule has 2 amide bonds. The zero-order valence-electron chi connectivity index (χ0n) is 19.3. The normalized spacial score (nSPS) is 22.9. The Morgan fingerprint density at radius 1 is 0.972 bits per heavy atom. The van der Waals surface area contributed by atoms with Crippen LogP contribution in [0, 0.1) is 0 Å². The number of rotatable bonds is 6. The third-order valence-corrected chi connectivity index (χ3v) is 8.58. The molecule has 2 aliphatic heterocycles. The molecule has 0 saturated carbocycles.